The number of nitrogens with one attached hydrogen (secondary N) is 1. The molecule has 1 aliphatic carbocycles. The molecule has 1 amide bonds. The van der Waals surface area contributed by atoms with E-state index in [2.05, 4.69) is 26.9 Å². The van der Waals surface area contributed by atoms with E-state index in [1.807, 2.05) is 11.2 Å². The van der Waals surface area contributed by atoms with Gasteiger partial charge >= 0.3 is 0 Å². The lowest BCUT2D eigenvalue weighted by atomic mass is 9.78. The summed E-state index contributed by atoms with van der Waals surface area (Å²) in [6.45, 7) is 5.76. The SMILES string of the molecule is CCN1CCc2[nH]cnc2C12CCN(C(=O)c1noc3c1CCCC3)CC2. The van der Waals surface area contributed by atoms with Crippen LogP contribution >= 0.6 is 0 Å². The number of hydrogen-bond acceptors (Lipinski definition) is 5. The highest BCUT2D eigenvalue weighted by Gasteiger charge is 2.47. The third-order valence-electron chi connectivity index (χ3n) is 6.81. The van der Waals surface area contributed by atoms with Gasteiger partial charge in [-0.25, -0.2) is 4.98 Å². The van der Waals surface area contributed by atoms with Crippen molar-refractivity contribution >= 4 is 5.91 Å². The molecule has 1 N–H and O–H groups in total. The standard InChI is InChI=1S/C20H27N5O2/c1-2-25-10-7-15-18(22-13-21-15)20(25)8-11-24(12-9-20)19(26)17-14-5-3-4-6-16(14)27-23-17/h13H,2-12H2,1H3,(H,21,22). The predicted molar refractivity (Wildman–Crippen MR) is 99.5 cm³/mol. The van der Waals surface area contributed by atoms with Crippen molar-refractivity contribution in [1.82, 2.24) is 24.9 Å². The largest absolute Gasteiger partial charge is 0.360 e. The number of nitrogens with zero attached hydrogens (tertiary/aromatic N) is 4. The molecule has 0 bridgehead atoms. The summed E-state index contributed by atoms with van der Waals surface area (Å²) in [5.41, 5.74) is 4.03. The first-order chi connectivity index (χ1) is 13.2. The van der Waals surface area contributed by atoms with Crippen LogP contribution in [0.3, 0.4) is 0 Å². The van der Waals surface area contributed by atoms with Gasteiger partial charge in [-0.3, -0.25) is 9.69 Å². The number of carbonyl (C=O) groups is 1. The van der Waals surface area contributed by atoms with Gasteiger partial charge in [0.15, 0.2) is 5.69 Å². The average molecular weight is 369 g/mol. The molecule has 1 saturated heterocycles. The topological polar surface area (TPSA) is 78.3 Å². The van der Waals surface area contributed by atoms with Crippen LogP contribution in [0, 0.1) is 0 Å². The van der Waals surface area contributed by atoms with Crippen molar-refractivity contribution in [3.8, 4) is 0 Å². The fourth-order valence-corrected chi connectivity index (χ4v) is 5.32. The number of hydrogen-bond donors (Lipinski definition) is 1. The molecule has 2 aromatic rings. The van der Waals surface area contributed by atoms with E-state index in [1.54, 1.807) is 0 Å². The molecular weight excluding hydrogens is 342 g/mol. The lowest BCUT2D eigenvalue weighted by molar-refractivity contribution is 0.00990. The molecule has 0 aromatic carbocycles. The molecule has 0 saturated carbocycles. The van der Waals surface area contributed by atoms with Crippen molar-refractivity contribution in [2.45, 2.75) is 57.4 Å². The Bertz CT molecular complexity index is 846. The van der Waals surface area contributed by atoms with Crippen LogP contribution in [-0.4, -0.2) is 57.0 Å². The number of aromatic amines is 1. The molecular formula is C20H27N5O2. The Balaban J connectivity index is 1.37. The summed E-state index contributed by atoms with van der Waals surface area (Å²) in [5, 5.41) is 4.14. The highest BCUT2D eigenvalue weighted by Crippen LogP contribution is 2.42. The molecule has 1 fully saturated rings. The van der Waals surface area contributed by atoms with E-state index in [-0.39, 0.29) is 11.4 Å². The first kappa shape index (κ1) is 17.0. The van der Waals surface area contributed by atoms with Crippen molar-refractivity contribution in [2.24, 2.45) is 0 Å². The quantitative estimate of drug-likeness (QED) is 0.879. The van der Waals surface area contributed by atoms with Gasteiger partial charge in [0, 0.05) is 43.7 Å². The van der Waals surface area contributed by atoms with Gasteiger partial charge in [0.25, 0.3) is 5.91 Å². The number of likely N-dealkylation sites (N-methyl/N-ethyl adjacent to an activating group) is 1. The van der Waals surface area contributed by atoms with Gasteiger partial charge in [-0.1, -0.05) is 12.1 Å². The fourth-order valence-electron chi connectivity index (χ4n) is 5.32. The number of rotatable bonds is 2. The van der Waals surface area contributed by atoms with Crippen LogP contribution in [0.5, 0.6) is 0 Å². The minimum atomic E-state index is -0.0393. The summed E-state index contributed by atoms with van der Waals surface area (Å²) in [6.07, 6.45) is 8.76. The number of aromatic nitrogens is 3. The lowest BCUT2D eigenvalue weighted by Crippen LogP contribution is -2.57. The molecule has 144 valence electrons. The smallest absolute Gasteiger partial charge is 0.276 e. The van der Waals surface area contributed by atoms with Gasteiger partial charge in [0.1, 0.15) is 5.76 Å². The number of piperidine rings is 1. The number of aryl methyl sites for hydroxylation is 1. The minimum Gasteiger partial charge on any atom is -0.360 e. The van der Waals surface area contributed by atoms with E-state index in [9.17, 15) is 4.79 Å². The van der Waals surface area contributed by atoms with Crippen LogP contribution in [0.15, 0.2) is 10.9 Å². The van der Waals surface area contributed by atoms with Gasteiger partial charge in [-0.15, -0.1) is 0 Å². The second-order valence-corrected chi connectivity index (χ2v) is 8.02. The number of imidazole rings is 1. The van der Waals surface area contributed by atoms with Crippen LogP contribution in [0.4, 0.5) is 0 Å². The molecule has 5 rings (SSSR count). The van der Waals surface area contributed by atoms with Crippen LogP contribution in [0.1, 0.15) is 65.8 Å². The second kappa shape index (κ2) is 6.48. The summed E-state index contributed by atoms with van der Waals surface area (Å²) in [7, 11) is 0. The van der Waals surface area contributed by atoms with Crippen LogP contribution < -0.4 is 0 Å². The Morgan fingerprint density at radius 2 is 2.04 bits per heavy atom. The zero-order valence-corrected chi connectivity index (χ0v) is 16.0. The van der Waals surface area contributed by atoms with E-state index in [0.717, 1.165) is 82.4 Å². The third-order valence-corrected chi connectivity index (χ3v) is 6.81. The van der Waals surface area contributed by atoms with Crippen LogP contribution in [-0.2, 0) is 24.8 Å². The molecule has 4 heterocycles. The van der Waals surface area contributed by atoms with Crippen LogP contribution in [0.25, 0.3) is 0 Å². The van der Waals surface area contributed by atoms with Gasteiger partial charge in [-0.05, 0) is 38.6 Å². The molecule has 0 unspecified atom stereocenters. The number of fused-ring (bicyclic) bond motifs is 3. The maximum absolute atomic E-state index is 13.1. The van der Waals surface area contributed by atoms with E-state index in [0.29, 0.717) is 5.69 Å². The fraction of sp³-hybridized carbons (Fsp3) is 0.650. The highest BCUT2D eigenvalue weighted by atomic mass is 16.5. The zero-order valence-electron chi connectivity index (χ0n) is 16.0. The zero-order chi connectivity index (χ0) is 18.4. The molecule has 1 spiro atoms. The first-order valence-corrected chi connectivity index (χ1v) is 10.3. The Morgan fingerprint density at radius 1 is 1.22 bits per heavy atom. The second-order valence-electron chi connectivity index (χ2n) is 8.02. The molecule has 0 atom stereocenters. The Kier molecular flexibility index (Phi) is 4.07. The summed E-state index contributed by atoms with van der Waals surface area (Å²) in [6, 6.07) is 0. The maximum Gasteiger partial charge on any atom is 0.276 e. The van der Waals surface area contributed by atoms with E-state index >= 15 is 0 Å². The summed E-state index contributed by atoms with van der Waals surface area (Å²) >= 11 is 0. The Labute approximate surface area is 159 Å². The number of likely N-dealkylation sites (tertiary alicyclic amines) is 1. The van der Waals surface area contributed by atoms with E-state index < -0.39 is 0 Å². The maximum atomic E-state index is 13.1. The molecule has 7 heteroatoms. The van der Waals surface area contributed by atoms with Gasteiger partial charge in [0.05, 0.1) is 17.6 Å². The van der Waals surface area contributed by atoms with E-state index in [1.165, 1.54) is 11.4 Å². The van der Waals surface area contributed by atoms with Crippen molar-refractivity contribution in [3.63, 3.8) is 0 Å². The number of amides is 1. The van der Waals surface area contributed by atoms with E-state index in [4.69, 9.17) is 4.52 Å². The van der Waals surface area contributed by atoms with Crippen molar-refractivity contribution in [1.29, 1.82) is 0 Å². The summed E-state index contributed by atoms with van der Waals surface area (Å²) in [4.78, 5) is 25.6. The predicted octanol–water partition coefficient (Wildman–Crippen LogP) is 2.29. The Morgan fingerprint density at radius 3 is 2.85 bits per heavy atom. The Hall–Kier alpha value is -2.15. The van der Waals surface area contributed by atoms with Crippen molar-refractivity contribution in [3.05, 3.63) is 34.7 Å². The number of carbonyl (C=O) groups excluding carboxylic acids is 1. The highest BCUT2D eigenvalue weighted by molar-refractivity contribution is 5.94. The molecule has 2 aromatic heterocycles. The number of H-pyrrole nitrogens is 1. The summed E-state index contributed by atoms with van der Waals surface area (Å²) < 4.78 is 5.46. The third kappa shape index (κ3) is 2.55. The van der Waals surface area contributed by atoms with Crippen LogP contribution in [0.2, 0.25) is 0 Å². The normalized spacial score (nSPS) is 21.9. The van der Waals surface area contributed by atoms with Gasteiger partial charge < -0.3 is 14.4 Å². The molecule has 0 radical (unpaired) electrons. The first-order valence-electron chi connectivity index (χ1n) is 10.3. The summed E-state index contributed by atoms with van der Waals surface area (Å²) in [5.74, 6) is 0.960. The monoisotopic (exact) mass is 369 g/mol. The van der Waals surface area contributed by atoms with Gasteiger partial charge in [-0.2, -0.15) is 0 Å². The lowest BCUT2D eigenvalue weighted by Gasteiger charge is -2.50. The van der Waals surface area contributed by atoms with Crippen molar-refractivity contribution in [2.75, 3.05) is 26.2 Å². The molecule has 2 aliphatic heterocycles. The molecule has 3 aliphatic rings. The molecule has 27 heavy (non-hydrogen) atoms. The van der Waals surface area contributed by atoms with Gasteiger partial charge in [0.2, 0.25) is 0 Å². The molecule has 7 nitrogen and oxygen atoms in total. The minimum absolute atomic E-state index is 0.0393. The average Bonchev–Trinajstić information content (AvgIpc) is 3.36. The van der Waals surface area contributed by atoms with Crippen molar-refractivity contribution < 1.29 is 9.32 Å².